The molecule has 0 saturated carbocycles. The highest BCUT2D eigenvalue weighted by atomic mass is 19.4. The largest absolute Gasteiger partial charge is 0.508 e. The number of Topliss-reactive ketones (excluding diaryl/α,β-unsaturated/α-hetero) is 1. The number of aryl methyl sites for hydroxylation is 1. The summed E-state index contributed by atoms with van der Waals surface area (Å²) in [7, 11) is 1.49. The van der Waals surface area contributed by atoms with Crippen LogP contribution in [0.3, 0.4) is 0 Å². The summed E-state index contributed by atoms with van der Waals surface area (Å²) >= 11 is 0. The number of nitrogens with zero attached hydrogens (tertiary/aromatic N) is 1. The molecule has 4 rings (SSSR count). The van der Waals surface area contributed by atoms with Crippen molar-refractivity contribution in [1.29, 1.82) is 0 Å². The van der Waals surface area contributed by atoms with Gasteiger partial charge in [0.05, 0.1) is 24.3 Å². The molecule has 1 unspecified atom stereocenters. The molecule has 1 atom stereocenters. The molecule has 0 aliphatic carbocycles. The SMILES string of the molecule is COc1ccc(/C(O)=C2/C(=O)C(=O)N(c3ccc(C(F)(F)F)cc3)C2c2ccc(O)cc2)cc1C. The number of phenols is 1. The summed E-state index contributed by atoms with van der Waals surface area (Å²) in [5.41, 5.74) is 0.210. The number of carbonyl (C=O) groups excluding carboxylic acids is 2. The molecule has 0 radical (unpaired) electrons. The first-order chi connectivity index (χ1) is 16.5. The van der Waals surface area contributed by atoms with Crippen molar-refractivity contribution >= 4 is 23.1 Å². The van der Waals surface area contributed by atoms with Gasteiger partial charge in [-0.05, 0) is 72.6 Å². The van der Waals surface area contributed by atoms with Crippen LogP contribution in [0.5, 0.6) is 11.5 Å². The standard InChI is InChI=1S/C26H20F3NO5/c1-14-13-16(5-12-20(14)35-2)23(32)21-22(15-3-10-19(31)11-4-15)30(25(34)24(21)33)18-8-6-17(7-9-18)26(27,28)29/h3-13,22,31-32H,1-2H3/b23-21-. The van der Waals surface area contributed by atoms with Gasteiger partial charge in [0.15, 0.2) is 0 Å². The number of methoxy groups -OCH3 is 1. The highest BCUT2D eigenvalue weighted by Crippen LogP contribution is 2.43. The Morgan fingerprint density at radius 1 is 0.971 bits per heavy atom. The van der Waals surface area contributed by atoms with Crippen LogP contribution >= 0.6 is 0 Å². The number of rotatable bonds is 4. The number of aromatic hydroxyl groups is 1. The molecule has 0 aromatic heterocycles. The minimum atomic E-state index is -4.57. The molecule has 1 aliphatic rings. The normalized spacial score (nSPS) is 17.6. The Balaban J connectivity index is 1.90. The predicted octanol–water partition coefficient (Wildman–Crippen LogP) is 5.35. The average Bonchev–Trinajstić information content (AvgIpc) is 3.09. The van der Waals surface area contributed by atoms with Gasteiger partial charge >= 0.3 is 6.18 Å². The third-order valence-electron chi connectivity index (χ3n) is 5.79. The van der Waals surface area contributed by atoms with Crippen molar-refractivity contribution in [3.8, 4) is 11.5 Å². The number of alkyl halides is 3. The number of ketones is 1. The van der Waals surface area contributed by atoms with E-state index in [1.54, 1.807) is 19.1 Å². The van der Waals surface area contributed by atoms with E-state index in [1.165, 1.54) is 37.4 Å². The summed E-state index contributed by atoms with van der Waals surface area (Å²) in [6.45, 7) is 1.74. The van der Waals surface area contributed by atoms with Gasteiger partial charge in [-0.1, -0.05) is 12.1 Å². The lowest BCUT2D eigenvalue weighted by atomic mass is 9.94. The average molecular weight is 483 g/mol. The molecule has 1 aliphatic heterocycles. The van der Waals surface area contributed by atoms with E-state index in [2.05, 4.69) is 0 Å². The summed E-state index contributed by atoms with van der Waals surface area (Å²) in [5.74, 6) is -1.95. The molecular formula is C26H20F3NO5. The van der Waals surface area contributed by atoms with Gasteiger partial charge in [-0.2, -0.15) is 13.2 Å². The monoisotopic (exact) mass is 483 g/mol. The van der Waals surface area contributed by atoms with Gasteiger partial charge in [-0.25, -0.2) is 0 Å². The summed E-state index contributed by atoms with van der Waals surface area (Å²) in [6.07, 6.45) is -4.57. The summed E-state index contributed by atoms with van der Waals surface area (Å²) < 4.78 is 44.4. The molecule has 1 heterocycles. The third-order valence-corrected chi connectivity index (χ3v) is 5.79. The lowest BCUT2D eigenvalue weighted by Crippen LogP contribution is -2.29. The van der Waals surface area contributed by atoms with Crippen LogP contribution in [0.2, 0.25) is 0 Å². The van der Waals surface area contributed by atoms with Gasteiger partial charge in [0.2, 0.25) is 0 Å². The van der Waals surface area contributed by atoms with Crippen molar-refractivity contribution in [2.75, 3.05) is 12.0 Å². The minimum absolute atomic E-state index is 0.0446. The van der Waals surface area contributed by atoms with Crippen molar-refractivity contribution < 1.29 is 37.7 Å². The van der Waals surface area contributed by atoms with E-state index in [9.17, 15) is 33.0 Å². The molecule has 180 valence electrons. The molecule has 2 N–H and O–H groups in total. The number of ether oxygens (including phenoxy) is 1. The fourth-order valence-corrected chi connectivity index (χ4v) is 4.06. The second-order valence-electron chi connectivity index (χ2n) is 7.99. The summed E-state index contributed by atoms with van der Waals surface area (Å²) in [4.78, 5) is 27.3. The molecule has 6 nitrogen and oxygen atoms in total. The highest BCUT2D eigenvalue weighted by Gasteiger charge is 2.47. The number of phenolic OH excluding ortho intramolecular Hbond substituents is 1. The van der Waals surface area contributed by atoms with Crippen LogP contribution in [0.15, 0.2) is 72.3 Å². The first-order valence-electron chi connectivity index (χ1n) is 10.4. The molecule has 1 saturated heterocycles. The molecule has 0 bridgehead atoms. The van der Waals surface area contributed by atoms with E-state index >= 15 is 0 Å². The van der Waals surface area contributed by atoms with E-state index in [0.717, 1.165) is 29.2 Å². The van der Waals surface area contributed by atoms with E-state index in [1.807, 2.05) is 0 Å². The molecule has 9 heteroatoms. The zero-order chi connectivity index (χ0) is 25.5. The van der Waals surface area contributed by atoms with E-state index in [-0.39, 0.29) is 22.6 Å². The lowest BCUT2D eigenvalue weighted by Gasteiger charge is -2.26. The molecule has 35 heavy (non-hydrogen) atoms. The topological polar surface area (TPSA) is 87.1 Å². The number of halogens is 3. The Hall–Kier alpha value is -4.27. The Kier molecular flexibility index (Phi) is 6.02. The highest BCUT2D eigenvalue weighted by molar-refractivity contribution is 6.51. The quantitative estimate of drug-likeness (QED) is 0.297. The fraction of sp³-hybridized carbons (Fsp3) is 0.154. The maximum absolute atomic E-state index is 13.1. The van der Waals surface area contributed by atoms with Crippen molar-refractivity contribution in [1.82, 2.24) is 0 Å². The fourth-order valence-electron chi connectivity index (χ4n) is 4.06. The van der Waals surface area contributed by atoms with Crippen molar-refractivity contribution in [3.63, 3.8) is 0 Å². The number of aliphatic hydroxyl groups excluding tert-OH is 1. The summed E-state index contributed by atoms with van der Waals surface area (Å²) in [5, 5.41) is 20.8. The van der Waals surface area contributed by atoms with Crippen LogP contribution in [0.25, 0.3) is 5.76 Å². The zero-order valence-electron chi connectivity index (χ0n) is 18.6. The van der Waals surface area contributed by atoms with E-state index in [4.69, 9.17) is 4.74 Å². The Morgan fingerprint density at radius 3 is 2.14 bits per heavy atom. The van der Waals surface area contributed by atoms with Crippen LogP contribution in [-0.4, -0.2) is 29.0 Å². The van der Waals surface area contributed by atoms with Crippen LogP contribution in [0.4, 0.5) is 18.9 Å². The smallest absolute Gasteiger partial charge is 0.416 e. The Morgan fingerprint density at radius 2 is 1.60 bits per heavy atom. The second kappa shape index (κ2) is 8.83. The molecular weight excluding hydrogens is 463 g/mol. The first-order valence-corrected chi connectivity index (χ1v) is 10.4. The number of anilines is 1. The number of hydrogen-bond donors (Lipinski definition) is 2. The van der Waals surface area contributed by atoms with Gasteiger partial charge in [-0.3, -0.25) is 14.5 Å². The van der Waals surface area contributed by atoms with Gasteiger partial charge < -0.3 is 14.9 Å². The van der Waals surface area contributed by atoms with Gasteiger partial charge in [0, 0.05) is 11.3 Å². The second-order valence-corrected chi connectivity index (χ2v) is 7.99. The molecule has 3 aromatic carbocycles. The number of carbonyl (C=O) groups is 2. The third kappa shape index (κ3) is 4.32. The maximum Gasteiger partial charge on any atom is 0.416 e. The lowest BCUT2D eigenvalue weighted by molar-refractivity contribution is -0.137. The zero-order valence-corrected chi connectivity index (χ0v) is 18.6. The first kappa shape index (κ1) is 23.9. The van der Waals surface area contributed by atoms with Crippen LogP contribution < -0.4 is 9.64 Å². The van der Waals surface area contributed by atoms with Crippen LogP contribution in [-0.2, 0) is 15.8 Å². The molecule has 0 spiro atoms. The van der Waals surface area contributed by atoms with Crippen LogP contribution in [0.1, 0.15) is 28.3 Å². The van der Waals surface area contributed by atoms with Crippen LogP contribution in [0, 0.1) is 6.92 Å². The minimum Gasteiger partial charge on any atom is -0.508 e. The number of amides is 1. The van der Waals surface area contributed by atoms with Gasteiger partial charge in [0.1, 0.15) is 17.3 Å². The number of aliphatic hydroxyl groups is 1. The van der Waals surface area contributed by atoms with E-state index in [0.29, 0.717) is 16.9 Å². The summed E-state index contributed by atoms with van der Waals surface area (Å²) in [6, 6.07) is 13.0. The Bertz CT molecular complexity index is 1330. The maximum atomic E-state index is 13.1. The van der Waals surface area contributed by atoms with Crippen molar-refractivity contribution in [2.24, 2.45) is 0 Å². The predicted molar refractivity (Wildman–Crippen MR) is 122 cm³/mol. The Labute approximate surface area is 198 Å². The number of hydrogen-bond acceptors (Lipinski definition) is 5. The van der Waals surface area contributed by atoms with Crippen molar-refractivity contribution in [3.05, 3.63) is 94.6 Å². The van der Waals surface area contributed by atoms with Gasteiger partial charge in [0.25, 0.3) is 11.7 Å². The molecule has 1 amide bonds. The van der Waals surface area contributed by atoms with E-state index < -0.39 is 35.2 Å². The molecule has 3 aromatic rings. The van der Waals surface area contributed by atoms with Gasteiger partial charge in [-0.15, -0.1) is 0 Å². The molecule has 1 fully saturated rings. The number of benzene rings is 3. The van der Waals surface area contributed by atoms with Crippen molar-refractivity contribution in [2.45, 2.75) is 19.1 Å².